The first-order chi connectivity index (χ1) is 11.3. The fourth-order valence-corrected chi connectivity index (χ4v) is 3.78. The van der Waals surface area contributed by atoms with Gasteiger partial charge in [-0.25, -0.2) is 4.98 Å². The Hall–Kier alpha value is -2.04. The maximum atomic E-state index is 12.5. The molecule has 0 saturated carbocycles. The van der Waals surface area contributed by atoms with Crippen molar-refractivity contribution in [3.8, 4) is 0 Å². The molecule has 4 rings (SSSR count). The topological polar surface area (TPSA) is 52.2 Å². The van der Waals surface area contributed by atoms with E-state index in [1.54, 1.807) is 0 Å². The summed E-state index contributed by atoms with van der Waals surface area (Å²) < 4.78 is 0. The van der Waals surface area contributed by atoms with Crippen LogP contribution in [0.2, 0.25) is 0 Å². The van der Waals surface area contributed by atoms with Gasteiger partial charge in [0.25, 0.3) is 5.56 Å². The molecule has 1 aromatic heterocycles. The quantitative estimate of drug-likeness (QED) is 0.926. The Bertz CT molecular complexity index is 742. The van der Waals surface area contributed by atoms with Gasteiger partial charge >= 0.3 is 0 Å². The normalized spacial score (nSPS) is 19.3. The summed E-state index contributed by atoms with van der Waals surface area (Å²) in [6.45, 7) is 4.10. The van der Waals surface area contributed by atoms with E-state index < -0.39 is 0 Å². The number of aromatic nitrogens is 2. The van der Waals surface area contributed by atoms with Gasteiger partial charge in [-0.2, -0.15) is 0 Å². The molecule has 1 aromatic carbocycles. The van der Waals surface area contributed by atoms with Crippen LogP contribution >= 0.6 is 0 Å². The molecule has 5 heteroatoms. The minimum absolute atomic E-state index is 0.0190. The average molecular weight is 312 g/mol. The van der Waals surface area contributed by atoms with E-state index >= 15 is 0 Å². The zero-order chi connectivity index (χ0) is 15.6. The van der Waals surface area contributed by atoms with Gasteiger partial charge in [0.2, 0.25) is 5.95 Å². The van der Waals surface area contributed by atoms with E-state index in [0.29, 0.717) is 5.39 Å². The molecular weight excluding hydrogens is 288 g/mol. The number of fused-ring (bicyclic) bond motifs is 1. The Morgan fingerprint density at radius 3 is 2.22 bits per heavy atom. The number of anilines is 2. The van der Waals surface area contributed by atoms with E-state index in [4.69, 9.17) is 4.98 Å². The SMILES string of the molecule is O=c1[nH]c(N2CCCCC2)nc2c(N3CCCCC3)cccc12. The second-order valence-electron chi connectivity index (χ2n) is 6.66. The third kappa shape index (κ3) is 2.80. The van der Waals surface area contributed by atoms with Gasteiger partial charge < -0.3 is 9.80 Å². The first-order valence-electron chi connectivity index (χ1n) is 8.86. The molecule has 5 nitrogen and oxygen atoms in total. The Balaban J connectivity index is 1.80. The Labute approximate surface area is 136 Å². The Morgan fingerprint density at radius 1 is 0.870 bits per heavy atom. The molecule has 0 atom stereocenters. The third-order valence-electron chi connectivity index (χ3n) is 5.05. The van der Waals surface area contributed by atoms with E-state index in [-0.39, 0.29) is 5.56 Å². The molecule has 0 amide bonds. The van der Waals surface area contributed by atoms with Gasteiger partial charge in [0.1, 0.15) is 5.52 Å². The third-order valence-corrected chi connectivity index (χ3v) is 5.05. The first-order valence-corrected chi connectivity index (χ1v) is 8.86. The molecule has 0 bridgehead atoms. The lowest BCUT2D eigenvalue weighted by atomic mass is 10.1. The summed E-state index contributed by atoms with van der Waals surface area (Å²) in [5, 5.41) is 0.703. The molecule has 2 aliphatic rings. The van der Waals surface area contributed by atoms with Crippen LogP contribution in [0.1, 0.15) is 38.5 Å². The number of nitrogens with zero attached hydrogens (tertiary/aromatic N) is 3. The van der Waals surface area contributed by atoms with Gasteiger partial charge in [-0.15, -0.1) is 0 Å². The lowest BCUT2D eigenvalue weighted by molar-refractivity contribution is 0.568. The predicted molar refractivity (Wildman–Crippen MR) is 94.5 cm³/mol. The summed E-state index contributed by atoms with van der Waals surface area (Å²) in [6.07, 6.45) is 7.36. The number of nitrogens with one attached hydrogen (secondary N) is 1. The van der Waals surface area contributed by atoms with Gasteiger partial charge in [0.05, 0.1) is 11.1 Å². The lowest BCUT2D eigenvalue weighted by Gasteiger charge is -2.30. The Morgan fingerprint density at radius 2 is 1.52 bits per heavy atom. The van der Waals surface area contributed by atoms with Gasteiger partial charge in [-0.1, -0.05) is 6.07 Å². The van der Waals surface area contributed by atoms with Crippen molar-refractivity contribution in [1.82, 2.24) is 9.97 Å². The highest BCUT2D eigenvalue weighted by molar-refractivity contribution is 5.91. The van der Waals surface area contributed by atoms with Crippen LogP contribution < -0.4 is 15.4 Å². The van der Waals surface area contributed by atoms with E-state index in [0.717, 1.165) is 43.3 Å². The van der Waals surface area contributed by atoms with Crippen molar-refractivity contribution in [2.75, 3.05) is 36.0 Å². The number of hydrogen-bond donors (Lipinski definition) is 1. The largest absolute Gasteiger partial charge is 0.370 e. The second kappa shape index (κ2) is 6.22. The van der Waals surface area contributed by atoms with Crippen LogP contribution in [0.25, 0.3) is 10.9 Å². The fourth-order valence-electron chi connectivity index (χ4n) is 3.78. The van der Waals surface area contributed by atoms with Crippen LogP contribution in [0.3, 0.4) is 0 Å². The minimum atomic E-state index is -0.0190. The fraction of sp³-hybridized carbons (Fsp3) is 0.556. The highest BCUT2D eigenvalue weighted by atomic mass is 16.1. The van der Waals surface area contributed by atoms with Crippen LogP contribution in [0, 0.1) is 0 Å². The summed E-state index contributed by atoms with van der Waals surface area (Å²) >= 11 is 0. The zero-order valence-electron chi connectivity index (χ0n) is 13.6. The van der Waals surface area contributed by atoms with Crippen molar-refractivity contribution in [3.63, 3.8) is 0 Å². The maximum absolute atomic E-state index is 12.5. The van der Waals surface area contributed by atoms with Gasteiger partial charge in [0.15, 0.2) is 0 Å². The molecule has 122 valence electrons. The van der Waals surface area contributed by atoms with E-state index in [1.807, 2.05) is 12.1 Å². The van der Waals surface area contributed by atoms with Gasteiger partial charge in [0, 0.05) is 26.2 Å². The number of benzene rings is 1. The molecule has 2 saturated heterocycles. The number of H-pyrrole nitrogens is 1. The van der Waals surface area contributed by atoms with Crippen LogP contribution in [0.15, 0.2) is 23.0 Å². The maximum Gasteiger partial charge on any atom is 0.260 e. The predicted octanol–water partition coefficient (Wildman–Crippen LogP) is 2.90. The van der Waals surface area contributed by atoms with E-state index in [2.05, 4.69) is 20.9 Å². The smallest absolute Gasteiger partial charge is 0.260 e. The van der Waals surface area contributed by atoms with Crippen molar-refractivity contribution in [1.29, 1.82) is 0 Å². The average Bonchev–Trinajstić information content (AvgIpc) is 2.63. The summed E-state index contributed by atoms with van der Waals surface area (Å²) in [5.41, 5.74) is 1.96. The number of hydrogen-bond acceptors (Lipinski definition) is 4. The molecule has 2 aromatic rings. The Kier molecular flexibility index (Phi) is 3.93. The minimum Gasteiger partial charge on any atom is -0.370 e. The monoisotopic (exact) mass is 312 g/mol. The van der Waals surface area contributed by atoms with Crippen molar-refractivity contribution in [3.05, 3.63) is 28.6 Å². The number of piperidine rings is 2. The second-order valence-corrected chi connectivity index (χ2v) is 6.66. The highest BCUT2D eigenvalue weighted by Gasteiger charge is 2.18. The van der Waals surface area contributed by atoms with Crippen LogP contribution in [0.5, 0.6) is 0 Å². The van der Waals surface area contributed by atoms with Crippen molar-refractivity contribution in [2.24, 2.45) is 0 Å². The van der Waals surface area contributed by atoms with E-state index in [9.17, 15) is 4.79 Å². The standard InChI is InChI=1S/C18H24N4O/c23-17-14-8-7-9-15(21-10-3-1-4-11-21)16(14)19-18(20-17)22-12-5-2-6-13-22/h7-9H,1-6,10-13H2,(H,19,20,23). The lowest BCUT2D eigenvalue weighted by Crippen LogP contribution is -2.33. The molecule has 0 spiro atoms. The van der Waals surface area contributed by atoms with Gasteiger partial charge in [-0.05, 0) is 50.7 Å². The number of para-hydroxylation sites is 1. The first kappa shape index (κ1) is 14.5. The molecular formula is C18H24N4O. The molecule has 2 aliphatic heterocycles. The van der Waals surface area contributed by atoms with Crippen LogP contribution in [0.4, 0.5) is 11.6 Å². The summed E-state index contributed by atoms with van der Waals surface area (Å²) in [4.78, 5) is 25.0. The van der Waals surface area contributed by atoms with Crippen molar-refractivity contribution in [2.45, 2.75) is 38.5 Å². The molecule has 23 heavy (non-hydrogen) atoms. The molecule has 1 N–H and O–H groups in total. The highest BCUT2D eigenvalue weighted by Crippen LogP contribution is 2.27. The summed E-state index contributed by atoms with van der Waals surface area (Å²) in [6, 6.07) is 5.97. The molecule has 0 aliphatic carbocycles. The van der Waals surface area contributed by atoms with Crippen LogP contribution in [-0.2, 0) is 0 Å². The zero-order valence-corrected chi connectivity index (χ0v) is 13.6. The molecule has 2 fully saturated rings. The van der Waals surface area contributed by atoms with Crippen molar-refractivity contribution < 1.29 is 0 Å². The molecule has 3 heterocycles. The van der Waals surface area contributed by atoms with Gasteiger partial charge in [-0.3, -0.25) is 9.78 Å². The number of rotatable bonds is 2. The summed E-state index contributed by atoms with van der Waals surface area (Å²) in [7, 11) is 0. The molecule has 0 unspecified atom stereocenters. The van der Waals surface area contributed by atoms with E-state index in [1.165, 1.54) is 38.5 Å². The van der Waals surface area contributed by atoms with Crippen molar-refractivity contribution >= 4 is 22.5 Å². The molecule has 0 radical (unpaired) electrons. The van der Waals surface area contributed by atoms with Crippen LogP contribution in [-0.4, -0.2) is 36.1 Å². The number of aromatic amines is 1. The summed E-state index contributed by atoms with van der Waals surface area (Å²) in [5.74, 6) is 0.742.